The average Bonchev–Trinajstić information content (AvgIpc) is 2.41. The van der Waals surface area contributed by atoms with Crippen LogP contribution in [-0.4, -0.2) is 37.5 Å². The highest BCUT2D eigenvalue weighted by molar-refractivity contribution is 5.82. The lowest BCUT2D eigenvalue weighted by Crippen LogP contribution is -2.58. The summed E-state index contributed by atoms with van der Waals surface area (Å²) >= 11 is 0. The molecule has 2 rings (SSSR count). The summed E-state index contributed by atoms with van der Waals surface area (Å²) in [5, 5.41) is 13.4. The molecule has 0 saturated carbocycles. The number of piperidine rings is 1. The monoisotopic (exact) mass is 282 g/mol. The fraction of sp³-hybridized carbons (Fsp3) is 0.667. The number of aromatic nitrogens is 3. The Bertz CT molecular complexity index is 662. The first-order valence-corrected chi connectivity index (χ1v) is 6.44. The molecule has 0 aliphatic carbocycles. The highest BCUT2D eigenvalue weighted by Crippen LogP contribution is 2.30. The molecular formula is C12H18N4O4. The lowest BCUT2D eigenvalue weighted by Gasteiger charge is -2.41. The second kappa shape index (κ2) is 4.77. The van der Waals surface area contributed by atoms with Gasteiger partial charge in [0.2, 0.25) is 5.82 Å². The Hall–Kier alpha value is -2.12. The van der Waals surface area contributed by atoms with Gasteiger partial charge >= 0.3 is 11.7 Å². The van der Waals surface area contributed by atoms with Gasteiger partial charge in [0.1, 0.15) is 5.54 Å². The topological polar surface area (TPSA) is 97.4 Å². The Balaban J connectivity index is 2.63. The van der Waals surface area contributed by atoms with Crippen LogP contribution >= 0.6 is 0 Å². The summed E-state index contributed by atoms with van der Waals surface area (Å²) in [7, 11) is 2.80. The Morgan fingerprint density at radius 2 is 1.95 bits per heavy atom. The van der Waals surface area contributed by atoms with Crippen LogP contribution in [0.3, 0.4) is 0 Å². The number of rotatable bonds is 2. The van der Waals surface area contributed by atoms with Crippen molar-refractivity contribution in [2.45, 2.75) is 31.7 Å². The fourth-order valence-corrected chi connectivity index (χ4v) is 2.53. The molecule has 2 heterocycles. The second-order valence-corrected chi connectivity index (χ2v) is 5.28. The third kappa shape index (κ3) is 2.00. The summed E-state index contributed by atoms with van der Waals surface area (Å²) in [4.78, 5) is 36.9. The minimum Gasteiger partial charge on any atom is -0.480 e. The van der Waals surface area contributed by atoms with E-state index in [0.29, 0.717) is 13.0 Å². The summed E-state index contributed by atoms with van der Waals surface area (Å²) in [6.45, 7) is 2.02. The maximum atomic E-state index is 12.2. The predicted molar refractivity (Wildman–Crippen MR) is 72.0 cm³/mol. The van der Waals surface area contributed by atoms with Gasteiger partial charge in [-0.05, 0) is 26.2 Å². The third-order valence-electron chi connectivity index (χ3n) is 3.91. The van der Waals surface area contributed by atoms with Gasteiger partial charge in [0, 0.05) is 20.6 Å². The molecule has 0 aromatic carbocycles. The molecule has 1 aliphatic heterocycles. The van der Waals surface area contributed by atoms with Crippen molar-refractivity contribution in [3.05, 3.63) is 20.8 Å². The van der Waals surface area contributed by atoms with Crippen LogP contribution < -0.4 is 16.1 Å². The molecule has 1 N–H and O–H groups in total. The molecule has 0 radical (unpaired) electrons. The molecular weight excluding hydrogens is 264 g/mol. The zero-order chi connectivity index (χ0) is 15.1. The maximum Gasteiger partial charge on any atom is 0.346 e. The van der Waals surface area contributed by atoms with E-state index >= 15 is 0 Å². The number of aryl methyl sites for hydroxylation is 1. The number of carboxylic acid groups (broad SMARTS) is 1. The van der Waals surface area contributed by atoms with Crippen molar-refractivity contribution in [3.8, 4) is 0 Å². The van der Waals surface area contributed by atoms with E-state index in [9.17, 15) is 19.5 Å². The number of carbonyl (C=O) groups is 1. The summed E-state index contributed by atoms with van der Waals surface area (Å²) in [5.74, 6) is -0.978. The largest absolute Gasteiger partial charge is 0.480 e. The van der Waals surface area contributed by atoms with Gasteiger partial charge in [-0.15, -0.1) is 5.10 Å². The highest BCUT2D eigenvalue weighted by atomic mass is 16.4. The molecule has 1 aliphatic rings. The molecule has 8 heteroatoms. The lowest BCUT2D eigenvalue weighted by molar-refractivity contribution is -0.143. The Labute approximate surface area is 115 Å². The third-order valence-corrected chi connectivity index (χ3v) is 3.91. The Kier molecular flexibility index (Phi) is 3.41. The molecule has 1 unspecified atom stereocenters. The molecule has 1 aromatic rings. The van der Waals surface area contributed by atoms with E-state index in [4.69, 9.17) is 0 Å². The molecule has 1 fully saturated rings. The molecule has 0 amide bonds. The van der Waals surface area contributed by atoms with Crippen molar-refractivity contribution >= 4 is 11.8 Å². The number of nitrogens with zero attached hydrogens (tertiary/aromatic N) is 4. The first-order chi connectivity index (χ1) is 9.29. The zero-order valence-corrected chi connectivity index (χ0v) is 11.8. The summed E-state index contributed by atoms with van der Waals surface area (Å²) in [5.41, 5.74) is -2.27. The van der Waals surface area contributed by atoms with E-state index in [1.807, 2.05) is 0 Å². The van der Waals surface area contributed by atoms with Crippen molar-refractivity contribution in [2.75, 3.05) is 11.4 Å². The minimum absolute atomic E-state index is 0.0131. The first kappa shape index (κ1) is 14.3. The summed E-state index contributed by atoms with van der Waals surface area (Å²) in [6, 6.07) is 0. The molecule has 0 bridgehead atoms. The van der Waals surface area contributed by atoms with Crippen LogP contribution in [0.15, 0.2) is 9.59 Å². The van der Waals surface area contributed by atoms with Crippen molar-refractivity contribution in [3.63, 3.8) is 0 Å². The zero-order valence-electron chi connectivity index (χ0n) is 11.8. The Morgan fingerprint density at radius 1 is 1.30 bits per heavy atom. The van der Waals surface area contributed by atoms with Gasteiger partial charge in [-0.1, -0.05) is 0 Å². The van der Waals surface area contributed by atoms with Gasteiger partial charge in [-0.2, -0.15) is 0 Å². The molecule has 110 valence electrons. The van der Waals surface area contributed by atoms with E-state index in [-0.39, 0.29) is 5.82 Å². The molecule has 1 atom stereocenters. The van der Waals surface area contributed by atoms with E-state index in [2.05, 4.69) is 5.10 Å². The number of carboxylic acids is 1. The van der Waals surface area contributed by atoms with Crippen molar-refractivity contribution in [1.29, 1.82) is 0 Å². The van der Waals surface area contributed by atoms with E-state index in [1.165, 1.54) is 19.0 Å². The Morgan fingerprint density at radius 3 is 2.55 bits per heavy atom. The fourth-order valence-electron chi connectivity index (χ4n) is 2.53. The standard InChI is InChI=1S/C12H18N4O4/c1-12(10(18)19)6-4-5-7-16(12)8-9(17)14(2)11(20)15(3)13-8/h4-7H2,1-3H3,(H,18,19). The van der Waals surface area contributed by atoms with Crippen molar-refractivity contribution in [1.82, 2.24) is 14.3 Å². The second-order valence-electron chi connectivity index (χ2n) is 5.28. The first-order valence-electron chi connectivity index (χ1n) is 6.44. The van der Waals surface area contributed by atoms with Crippen LogP contribution in [0.2, 0.25) is 0 Å². The average molecular weight is 282 g/mol. The number of hydrogen-bond donors (Lipinski definition) is 1. The van der Waals surface area contributed by atoms with Crippen molar-refractivity contribution < 1.29 is 9.90 Å². The SMILES string of the molecule is Cn1nc(N2CCCCC2(C)C(=O)O)c(=O)n(C)c1=O. The molecule has 1 saturated heterocycles. The molecule has 0 spiro atoms. The van der Waals surface area contributed by atoms with Crippen LogP contribution in [-0.2, 0) is 18.9 Å². The van der Waals surface area contributed by atoms with Crippen molar-refractivity contribution in [2.24, 2.45) is 14.1 Å². The van der Waals surface area contributed by atoms with Gasteiger partial charge in [0.15, 0.2) is 0 Å². The van der Waals surface area contributed by atoms with Gasteiger partial charge in [0.05, 0.1) is 0 Å². The molecule has 8 nitrogen and oxygen atoms in total. The van der Waals surface area contributed by atoms with E-state index < -0.39 is 22.8 Å². The van der Waals surface area contributed by atoms with Gasteiger partial charge in [-0.25, -0.2) is 14.3 Å². The number of anilines is 1. The summed E-state index contributed by atoms with van der Waals surface area (Å²) in [6.07, 6.45) is 2.01. The van der Waals surface area contributed by atoms with E-state index in [1.54, 1.807) is 6.92 Å². The number of aliphatic carboxylic acids is 1. The van der Waals surface area contributed by atoms with Gasteiger partial charge in [0.25, 0.3) is 5.56 Å². The lowest BCUT2D eigenvalue weighted by atomic mass is 9.88. The van der Waals surface area contributed by atoms with Crippen LogP contribution in [0.5, 0.6) is 0 Å². The van der Waals surface area contributed by atoms with Crippen LogP contribution in [0.25, 0.3) is 0 Å². The number of hydrogen-bond acceptors (Lipinski definition) is 5. The van der Waals surface area contributed by atoms with Crippen LogP contribution in [0, 0.1) is 0 Å². The van der Waals surface area contributed by atoms with Crippen LogP contribution in [0.4, 0.5) is 5.82 Å². The van der Waals surface area contributed by atoms with Crippen LogP contribution in [0.1, 0.15) is 26.2 Å². The quantitative estimate of drug-likeness (QED) is 0.771. The highest BCUT2D eigenvalue weighted by Gasteiger charge is 2.43. The minimum atomic E-state index is -1.17. The van der Waals surface area contributed by atoms with Gasteiger partial charge < -0.3 is 10.0 Å². The summed E-state index contributed by atoms with van der Waals surface area (Å²) < 4.78 is 1.99. The maximum absolute atomic E-state index is 12.2. The molecule has 1 aromatic heterocycles. The predicted octanol–water partition coefficient (Wildman–Crippen LogP) is -0.687. The van der Waals surface area contributed by atoms with Gasteiger partial charge in [-0.3, -0.25) is 9.36 Å². The normalized spacial score (nSPS) is 22.9. The smallest absolute Gasteiger partial charge is 0.346 e. The van der Waals surface area contributed by atoms with E-state index in [0.717, 1.165) is 22.1 Å². The molecule has 20 heavy (non-hydrogen) atoms.